The number of rotatable bonds is 4. The highest BCUT2D eigenvalue weighted by molar-refractivity contribution is 6.30. The lowest BCUT2D eigenvalue weighted by Crippen LogP contribution is -2.00. The molecule has 0 radical (unpaired) electrons. The number of carbonyl (C=O) groups is 1. The Kier molecular flexibility index (Phi) is 4.17. The molecule has 1 aromatic heterocycles. The summed E-state index contributed by atoms with van der Waals surface area (Å²) >= 11 is 5.92. The molecule has 116 valence electrons. The van der Waals surface area contributed by atoms with Gasteiger partial charge in [-0.25, -0.2) is 4.68 Å². The van der Waals surface area contributed by atoms with Crippen LogP contribution >= 0.6 is 11.6 Å². The van der Waals surface area contributed by atoms with Gasteiger partial charge >= 0.3 is 5.97 Å². The fraction of sp³-hybridized carbons (Fsp3) is 0.111. The van der Waals surface area contributed by atoms with Gasteiger partial charge < -0.3 is 5.11 Å². The molecule has 1 heterocycles. The highest BCUT2D eigenvalue weighted by Gasteiger charge is 2.15. The normalized spacial score (nSPS) is 10.7. The van der Waals surface area contributed by atoms with Gasteiger partial charge in [-0.15, -0.1) is 0 Å². The first-order valence-corrected chi connectivity index (χ1v) is 7.54. The van der Waals surface area contributed by atoms with Gasteiger partial charge in [0.15, 0.2) is 0 Å². The second kappa shape index (κ2) is 6.26. The topological polar surface area (TPSA) is 55.1 Å². The SMILES string of the molecule is Cc1ccc(-n2cc(CC(=O)O)c(-c3ccc(Cl)cc3)n2)cc1. The van der Waals surface area contributed by atoms with E-state index in [4.69, 9.17) is 16.7 Å². The van der Waals surface area contributed by atoms with Gasteiger partial charge in [0.2, 0.25) is 0 Å². The van der Waals surface area contributed by atoms with Crippen molar-refractivity contribution in [3.05, 3.63) is 70.9 Å². The molecule has 0 saturated carbocycles. The summed E-state index contributed by atoms with van der Waals surface area (Å²) in [5.41, 5.74) is 4.22. The Morgan fingerprint density at radius 3 is 2.39 bits per heavy atom. The average Bonchev–Trinajstić information content (AvgIpc) is 2.92. The minimum Gasteiger partial charge on any atom is -0.481 e. The van der Waals surface area contributed by atoms with E-state index in [0.717, 1.165) is 16.8 Å². The van der Waals surface area contributed by atoms with Gasteiger partial charge in [-0.2, -0.15) is 5.10 Å². The van der Waals surface area contributed by atoms with Gasteiger partial charge in [-0.1, -0.05) is 41.4 Å². The lowest BCUT2D eigenvalue weighted by Gasteiger charge is -2.02. The maximum absolute atomic E-state index is 11.1. The van der Waals surface area contributed by atoms with Crippen molar-refractivity contribution in [2.24, 2.45) is 0 Å². The van der Waals surface area contributed by atoms with Gasteiger partial charge in [0.05, 0.1) is 17.8 Å². The lowest BCUT2D eigenvalue weighted by atomic mass is 10.1. The molecule has 3 rings (SSSR count). The van der Waals surface area contributed by atoms with Gasteiger partial charge in [-0.3, -0.25) is 4.79 Å². The van der Waals surface area contributed by atoms with E-state index >= 15 is 0 Å². The van der Waals surface area contributed by atoms with Crippen LogP contribution in [0, 0.1) is 6.92 Å². The molecule has 3 aromatic rings. The van der Waals surface area contributed by atoms with Crippen molar-refractivity contribution in [1.82, 2.24) is 9.78 Å². The van der Waals surface area contributed by atoms with Crippen molar-refractivity contribution in [1.29, 1.82) is 0 Å². The number of carboxylic acids is 1. The summed E-state index contributed by atoms with van der Waals surface area (Å²) in [6.07, 6.45) is 1.69. The van der Waals surface area contributed by atoms with Crippen LogP contribution in [0.25, 0.3) is 16.9 Å². The van der Waals surface area contributed by atoms with Crippen LogP contribution in [0.1, 0.15) is 11.1 Å². The summed E-state index contributed by atoms with van der Waals surface area (Å²) in [5, 5.41) is 14.3. The number of nitrogens with zero attached hydrogens (tertiary/aromatic N) is 2. The van der Waals surface area contributed by atoms with E-state index in [0.29, 0.717) is 16.3 Å². The molecule has 0 atom stereocenters. The Bertz CT molecular complexity index is 836. The molecule has 0 unspecified atom stereocenters. The first-order chi connectivity index (χ1) is 11.0. The Hall–Kier alpha value is -2.59. The molecular weight excluding hydrogens is 312 g/mol. The minimum atomic E-state index is -0.885. The van der Waals surface area contributed by atoms with Crippen molar-refractivity contribution in [2.45, 2.75) is 13.3 Å². The first-order valence-electron chi connectivity index (χ1n) is 7.16. The number of aromatic nitrogens is 2. The maximum atomic E-state index is 11.1. The second-order valence-corrected chi connectivity index (χ2v) is 5.80. The number of carboxylic acid groups (broad SMARTS) is 1. The van der Waals surface area contributed by atoms with Gasteiger partial charge in [0, 0.05) is 22.3 Å². The van der Waals surface area contributed by atoms with Crippen molar-refractivity contribution >= 4 is 17.6 Å². The monoisotopic (exact) mass is 326 g/mol. The van der Waals surface area contributed by atoms with Crippen LogP contribution in [0.4, 0.5) is 0 Å². The standard InChI is InChI=1S/C18H15ClN2O2/c1-12-2-8-16(9-3-12)21-11-14(10-17(22)23)18(20-21)13-4-6-15(19)7-5-13/h2-9,11H,10H2,1H3,(H,22,23). The Labute approximate surface area is 139 Å². The highest BCUT2D eigenvalue weighted by Crippen LogP contribution is 2.25. The molecule has 0 fully saturated rings. The molecular formula is C18H15ClN2O2. The summed E-state index contributed by atoms with van der Waals surface area (Å²) in [7, 11) is 0. The van der Waals surface area contributed by atoms with Crippen molar-refractivity contribution in [3.63, 3.8) is 0 Å². The van der Waals surface area contributed by atoms with Crippen molar-refractivity contribution in [2.75, 3.05) is 0 Å². The molecule has 0 bridgehead atoms. The molecule has 0 aliphatic heterocycles. The summed E-state index contributed by atoms with van der Waals surface area (Å²) in [5.74, 6) is -0.885. The zero-order valence-corrected chi connectivity index (χ0v) is 13.3. The fourth-order valence-electron chi connectivity index (χ4n) is 2.38. The first kappa shape index (κ1) is 15.3. The smallest absolute Gasteiger partial charge is 0.307 e. The molecule has 5 heteroatoms. The van der Waals surface area contributed by atoms with E-state index < -0.39 is 5.97 Å². The third-order valence-electron chi connectivity index (χ3n) is 3.55. The summed E-state index contributed by atoms with van der Waals surface area (Å²) in [4.78, 5) is 11.1. The number of aryl methyl sites for hydroxylation is 1. The molecule has 0 saturated heterocycles. The maximum Gasteiger partial charge on any atom is 0.307 e. The third-order valence-corrected chi connectivity index (χ3v) is 3.80. The van der Waals surface area contributed by atoms with E-state index in [1.165, 1.54) is 0 Å². The molecule has 4 nitrogen and oxygen atoms in total. The number of aliphatic carboxylic acids is 1. The summed E-state index contributed by atoms with van der Waals surface area (Å²) in [6, 6.07) is 15.1. The van der Waals surface area contributed by atoms with E-state index in [2.05, 4.69) is 5.10 Å². The van der Waals surface area contributed by atoms with E-state index in [9.17, 15) is 4.79 Å². The Morgan fingerprint density at radius 2 is 1.78 bits per heavy atom. The predicted octanol–water partition coefficient (Wildman–Crippen LogP) is 4.13. The predicted molar refractivity (Wildman–Crippen MR) is 90.1 cm³/mol. The van der Waals surface area contributed by atoms with Gasteiger partial charge in [0.25, 0.3) is 0 Å². The van der Waals surface area contributed by atoms with Crippen molar-refractivity contribution in [3.8, 4) is 16.9 Å². The fourth-order valence-corrected chi connectivity index (χ4v) is 2.51. The van der Waals surface area contributed by atoms with Crippen LogP contribution in [-0.4, -0.2) is 20.9 Å². The van der Waals surface area contributed by atoms with Crippen LogP contribution in [-0.2, 0) is 11.2 Å². The van der Waals surface area contributed by atoms with Gasteiger partial charge in [-0.05, 0) is 31.2 Å². The summed E-state index contributed by atoms with van der Waals surface area (Å²) < 4.78 is 1.71. The lowest BCUT2D eigenvalue weighted by molar-refractivity contribution is -0.136. The molecule has 23 heavy (non-hydrogen) atoms. The molecule has 2 aromatic carbocycles. The van der Waals surface area contributed by atoms with Crippen LogP contribution in [0.5, 0.6) is 0 Å². The molecule has 0 aliphatic carbocycles. The number of halogens is 1. The number of benzene rings is 2. The Morgan fingerprint density at radius 1 is 1.13 bits per heavy atom. The third kappa shape index (κ3) is 3.43. The molecule has 0 aliphatic rings. The van der Waals surface area contributed by atoms with Crippen LogP contribution in [0.15, 0.2) is 54.7 Å². The molecule has 0 spiro atoms. The van der Waals surface area contributed by atoms with E-state index in [1.807, 2.05) is 43.3 Å². The largest absolute Gasteiger partial charge is 0.481 e. The quantitative estimate of drug-likeness (QED) is 0.784. The van der Waals surface area contributed by atoms with Crippen LogP contribution in [0.2, 0.25) is 5.02 Å². The zero-order valence-electron chi connectivity index (χ0n) is 12.5. The minimum absolute atomic E-state index is 0.0795. The average molecular weight is 327 g/mol. The van der Waals surface area contributed by atoms with E-state index in [-0.39, 0.29) is 6.42 Å². The van der Waals surface area contributed by atoms with Gasteiger partial charge in [0.1, 0.15) is 0 Å². The van der Waals surface area contributed by atoms with Crippen LogP contribution < -0.4 is 0 Å². The highest BCUT2D eigenvalue weighted by atomic mass is 35.5. The summed E-state index contributed by atoms with van der Waals surface area (Å²) in [6.45, 7) is 2.02. The zero-order chi connectivity index (χ0) is 16.4. The second-order valence-electron chi connectivity index (χ2n) is 5.36. The molecule has 0 amide bonds. The molecule has 1 N–H and O–H groups in total. The van der Waals surface area contributed by atoms with E-state index in [1.54, 1.807) is 23.0 Å². The van der Waals surface area contributed by atoms with Crippen molar-refractivity contribution < 1.29 is 9.90 Å². The number of hydrogen-bond acceptors (Lipinski definition) is 2. The Balaban J connectivity index is 2.08. The number of hydrogen-bond donors (Lipinski definition) is 1. The van der Waals surface area contributed by atoms with Crippen LogP contribution in [0.3, 0.4) is 0 Å².